The molecule has 0 aromatic heterocycles. The molecule has 6 heteroatoms. The van der Waals surface area contributed by atoms with Crippen molar-refractivity contribution in [2.24, 2.45) is 5.41 Å². The minimum Gasteiger partial charge on any atom is -0.468 e. The van der Waals surface area contributed by atoms with E-state index in [9.17, 15) is 9.59 Å². The van der Waals surface area contributed by atoms with Gasteiger partial charge in [-0.2, -0.15) is 0 Å². The number of methoxy groups -OCH3 is 1. The van der Waals surface area contributed by atoms with Gasteiger partial charge in [0.25, 0.3) is 0 Å². The Hall–Kier alpha value is -1.14. The van der Waals surface area contributed by atoms with Crippen LogP contribution in [0, 0.1) is 5.41 Å². The SMILES string of the molecule is CCN1CCN(C(=O)C2(C(=O)OC)COC2)CC1. The number of carbonyl (C=O) groups excluding carboxylic acids is 2. The van der Waals surface area contributed by atoms with Crippen molar-refractivity contribution in [1.82, 2.24) is 9.80 Å². The lowest BCUT2D eigenvalue weighted by Gasteiger charge is -2.43. The van der Waals surface area contributed by atoms with Gasteiger partial charge in [-0.05, 0) is 6.54 Å². The molecular formula is C12H20N2O4. The number of amides is 1. The van der Waals surface area contributed by atoms with E-state index >= 15 is 0 Å². The summed E-state index contributed by atoms with van der Waals surface area (Å²) in [5.74, 6) is -0.618. The summed E-state index contributed by atoms with van der Waals surface area (Å²) in [5, 5.41) is 0. The first kappa shape index (κ1) is 13.3. The highest BCUT2D eigenvalue weighted by atomic mass is 16.5. The zero-order valence-corrected chi connectivity index (χ0v) is 11.0. The van der Waals surface area contributed by atoms with Crippen molar-refractivity contribution in [2.45, 2.75) is 6.92 Å². The molecule has 2 heterocycles. The number of piperazine rings is 1. The number of rotatable bonds is 3. The number of ether oxygens (including phenoxy) is 2. The van der Waals surface area contributed by atoms with E-state index < -0.39 is 11.4 Å². The van der Waals surface area contributed by atoms with Gasteiger partial charge in [0.2, 0.25) is 5.91 Å². The van der Waals surface area contributed by atoms with Crippen LogP contribution >= 0.6 is 0 Å². The molecule has 0 aromatic rings. The molecule has 0 N–H and O–H groups in total. The molecule has 0 unspecified atom stereocenters. The lowest BCUT2D eigenvalue weighted by Crippen LogP contribution is -2.62. The van der Waals surface area contributed by atoms with Gasteiger partial charge in [0.05, 0.1) is 20.3 Å². The first-order chi connectivity index (χ1) is 8.64. The first-order valence-electron chi connectivity index (χ1n) is 6.32. The van der Waals surface area contributed by atoms with Gasteiger partial charge in [-0.3, -0.25) is 9.59 Å². The number of esters is 1. The third-order valence-electron chi connectivity index (χ3n) is 3.79. The lowest BCUT2D eigenvalue weighted by atomic mass is 9.84. The number of nitrogens with zero attached hydrogens (tertiary/aromatic N) is 2. The quantitative estimate of drug-likeness (QED) is 0.495. The Morgan fingerprint density at radius 3 is 2.22 bits per heavy atom. The second kappa shape index (κ2) is 5.24. The zero-order valence-electron chi connectivity index (χ0n) is 11.0. The average molecular weight is 256 g/mol. The molecule has 0 spiro atoms. The van der Waals surface area contributed by atoms with Crippen LogP contribution in [-0.4, -0.2) is 74.7 Å². The van der Waals surface area contributed by atoms with Gasteiger partial charge in [0, 0.05) is 26.2 Å². The minimum absolute atomic E-state index is 0.142. The van der Waals surface area contributed by atoms with Crippen molar-refractivity contribution in [3.8, 4) is 0 Å². The van der Waals surface area contributed by atoms with Crippen LogP contribution in [0.5, 0.6) is 0 Å². The topological polar surface area (TPSA) is 59.1 Å². The standard InChI is InChI=1S/C12H20N2O4/c1-3-13-4-6-14(7-5-13)10(15)12(8-18-9-12)11(16)17-2/h3-9H2,1-2H3. The Kier molecular flexibility index (Phi) is 3.87. The molecule has 2 fully saturated rings. The second-order valence-corrected chi connectivity index (χ2v) is 4.79. The third kappa shape index (κ3) is 2.10. The van der Waals surface area contributed by atoms with Crippen LogP contribution in [0.1, 0.15) is 6.92 Å². The smallest absolute Gasteiger partial charge is 0.326 e. The van der Waals surface area contributed by atoms with Gasteiger partial charge in [-0.1, -0.05) is 6.92 Å². The minimum atomic E-state index is -1.08. The maximum atomic E-state index is 12.4. The van der Waals surface area contributed by atoms with Gasteiger partial charge in [-0.15, -0.1) is 0 Å². The summed E-state index contributed by atoms with van der Waals surface area (Å²) in [6, 6.07) is 0. The Balaban J connectivity index is 2.00. The molecule has 2 saturated heterocycles. The number of hydrogen-bond donors (Lipinski definition) is 0. The lowest BCUT2D eigenvalue weighted by molar-refractivity contribution is -0.194. The van der Waals surface area contributed by atoms with Crippen molar-refractivity contribution in [1.29, 1.82) is 0 Å². The highest BCUT2D eigenvalue weighted by Crippen LogP contribution is 2.31. The normalized spacial score (nSPS) is 23.3. The molecular weight excluding hydrogens is 236 g/mol. The van der Waals surface area contributed by atoms with Crippen molar-refractivity contribution < 1.29 is 19.1 Å². The van der Waals surface area contributed by atoms with E-state index in [0.29, 0.717) is 13.1 Å². The second-order valence-electron chi connectivity index (χ2n) is 4.79. The highest BCUT2D eigenvalue weighted by molar-refractivity contribution is 6.04. The maximum absolute atomic E-state index is 12.4. The van der Waals surface area contributed by atoms with Gasteiger partial charge < -0.3 is 19.3 Å². The fraction of sp³-hybridized carbons (Fsp3) is 0.833. The molecule has 102 valence electrons. The summed E-state index contributed by atoms with van der Waals surface area (Å²) in [6.45, 7) is 6.46. The van der Waals surface area contributed by atoms with Crippen LogP contribution in [0.25, 0.3) is 0 Å². The maximum Gasteiger partial charge on any atom is 0.326 e. The van der Waals surface area contributed by atoms with E-state index in [2.05, 4.69) is 11.8 Å². The Bertz CT molecular complexity index is 333. The largest absolute Gasteiger partial charge is 0.468 e. The fourth-order valence-electron chi connectivity index (χ4n) is 2.40. The highest BCUT2D eigenvalue weighted by Gasteiger charge is 2.55. The van der Waals surface area contributed by atoms with Gasteiger partial charge in [-0.25, -0.2) is 0 Å². The number of carbonyl (C=O) groups is 2. The van der Waals surface area contributed by atoms with E-state index in [-0.39, 0.29) is 19.1 Å². The van der Waals surface area contributed by atoms with E-state index in [4.69, 9.17) is 9.47 Å². The molecule has 0 radical (unpaired) electrons. The Labute approximate surface area is 107 Å². The molecule has 6 nitrogen and oxygen atoms in total. The van der Waals surface area contributed by atoms with E-state index in [1.807, 2.05) is 0 Å². The molecule has 2 aliphatic rings. The van der Waals surface area contributed by atoms with Crippen LogP contribution in [0.2, 0.25) is 0 Å². The molecule has 0 aliphatic carbocycles. The molecule has 18 heavy (non-hydrogen) atoms. The van der Waals surface area contributed by atoms with Gasteiger partial charge in [0.1, 0.15) is 0 Å². The van der Waals surface area contributed by atoms with Crippen LogP contribution < -0.4 is 0 Å². The monoisotopic (exact) mass is 256 g/mol. The summed E-state index contributed by atoms with van der Waals surface area (Å²) >= 11 is 0. The Morgan fingerprint density at radius 2 is 1.83 bits per heavy atom. The molecule has 0 saturated carbocycles. The predicted molar refractivity (Wildman–Crippen MR) is 64.0 cm³/mol. The van der Waals surface area contributed by atoms with Crippen LogP contribution in [-0.2, 0) is 19.1 Å². The van der Waals surface area contributed by atoms with Crippen molar-refractivity contribution in [3.05, 3.63) is 0 Å². The number of likely N-dealkylation sites (N-methyl/N-ethyl adjacent to an activating group) is 1. The first-order valence-corrected chi connectivity index (χ1v) is 6.32. The number of hydrogen-bond acceptors (Lipinski definition) is 5. The molecule has 2 rings (SSSR count). The fourth-order valence-corrected chi connectivity index (χ4v) is 2.40. The third-order valence-corrected chi connectivity index (χ3v) is 3.79. The van der Waals surface area contributed by atoms with Crippen molar-refractivity contribution in [3.63, 3.8) is 0 Å². The van der Waals surface area contributed by atoms with Crippen LogP contribution in [0.15, 0.2) is 0 Å². The summed E-state index contributed by atoms with van der Waals surface area (Å²) in [4.78, 5) is 28.2. The predicted octanol–water partition coefficient (Wildman–Crippen LogP) is -0.660. The van der Waals surface area contributed by atoms with Crippen LogP contribution in [0.3, 0.4) is 0 Å². The average Bonchev–Trinajstić information content (AvgIpc) is 2.37. The van der Waals surface area contributed by atoms with E-state index in [0.717, 1.165) is 19.6 Å². The zero-order chi connectivity index (χ0) is 13.2. The van der Waals surface area contributed by atoms with E-state index in [1.54, 1.807) is 4.90 Å². The molecule has 0 bridgehead atoms. The van der Waals surface area contributed by atoms with Crippen LogP contribution in [0.4, 0.5) is 0 Å². The van der Waals surface area contributed by atoms with Gasteiger partial charge in [0.15, 0.2) is 5.41 Å². The summed E-state index contributed by atoms with van der Waals surface area (Å²) < 4.78 is 9.79. The molecule has 1 amide bonds. The Morgan fingerprint density at radius 1 is 1.22 bits per heavy atom. The molecule has 0 aromatic carbocycles. The summed E-state index contributed by atoms with van der Waals surface area (Å²) in [6.07, 6.45) is 0. The molecule has 0 atom stereocenters. The van der Waals surface area contributed by atoms with Gasteiger partial charge >= 0.3 is 5.97 Å². The molecule has 2 aliphatic heterocycles. The van der Waals surface area contributed by atoms with E-state index in [1.165, 1.54) is 7.11 Å². The van der Waals surface area contributed by atoms with Crippen molar-refractivity contribution in [2.75, 3.05) is 53.0 Å². The summed E-state index contributed by atoms with van der Waals surface area (Å²) in [7, 11) is 1.31. The van der Waals surface area contributed by atoms with Crippen molar-refractivity contribution >= 4 is 11.9 Å². The summed E-state index contributed by atoms with van der Waals surface area (Å²) in [5.41, 5.74) is -1.08.